The van der Waals surface area contributed by atoms with E-state index in [1.165, 1.54) is 28.4 Å². The molecule has 1 unspecified atom stereocenters. The number of β-amino-alcohol motifs (C(OH)–C–C–N with tert-alkyl or cyclic N) is 1. The van der Waals surface area contributed by atoms with Crippen molar-refractivity contribution in [2.45, 2.75) is 122 Å². The number of hydrogen-bond acceptors (Lipinski definition) is 11. The number of nitrogens with one attached hydrogen (secondary N) is 6. The number of aryl methyl sites for hydroxylation is 1. The van der Waals surface area contributed by atoms with Gasteiger partial charge in [0.15, 0.2) is 17.3 Å². The fourth-order valence-electron chi connectivity index (χ4n) is 8.23. The molecule has 15 nitrogen and oxygen atoms in total. The maximum Gasteiger partial charge on any atom is 0.277 e. The Morgan fingerprint density at radius 1 is 0.917 bits per heavy atom. The van der Waals surface area contributed by atoms with Crippen molar-refractivity contribution < 1.29 is 51.5 Å². The van der Waals surface area contributed by atoms with Gasteiger partial charge in [-0.2, -0.15) is 0 Å². The fourth-order valence-corrected chi connectivity index (χ4v) is 9.49. The molecule has 390 valence electrons. The molecule has 2 fully saturated rings. The van der Waals surface area contributed by atoms with E-state index in [4.69, 9.17) is 4.84 Å². The van der Waals surface area contributed by atoms with Crippen LogP contribution in [0.2, 0.25) is 0 Å². The van der Waals surface area contributed by atoms with Crippen LogP contribution in [0.1, 0.15) is 113 Å². The zero-order chi connectivity index (χ0) is 52.2. The topological polar surface area (TPSA) is 203 Å². The van der Waals surface area contributed by atoms with E-state index in [2.05, 4.69) is 37.0 Å². The number of nitrogens with zero attached hydrogens (tertiary/aromatic N) is 2. The number of amides is 5. The van der Waals surface area contributed by atoms with E-state index in [0.717, 1.165) is 66.9 Å². The van der Waals surface area contributed by atoms with Crippen LogP contribution in [-0.4, -0.2) is 101 Å². The first-order chi connectivity index (χ1) is 34.2. The lowest BCUT2D eigenvalue weighted by Gasteiger charge is -2.36. The molecule has 2 aliphatic rings. The number of thiazole rings is 1. The number of rotatable bonds is 25. The first-order valence-corrected chi connectivity index (χ1v) is 26.1. The number of alkyl halides is 1. The van der Waals surface area contributed by atoms with Crippen LogP contribution in [-0.2, 0) is 24.0 Å². The number of anilines is 2. The Morgan fingerprint density at radius 3 is 2.28 bits per heavy atom. The van der Waals surface area contributed by atoms with Crippen molar-refractivity contribution >= 4 is 74.8 Å². The molecule has 4 aromatic rings. The van der Waals surface area contributed by atoms with Crippen LogP contribution in [0.25, 0.3) is 10.4 Å². The summed E-state index contributed by atoms with van der Waals surface area (Å²) in [5.74, 6) is -6.40. The van der Waals surface area contributed by atoms with Crippen LogP contribution in [0.5, 0.6) is 0 Å². The quantitative estimate of drug-likeness (QED) is 0.0148. The van der Waals surface area contributed by atoms with Gasteiger partial charge in [-0.3, -0.25) is 28.8 Å². The van der Waals surface area contributed by atoms with Gasteiger partial charge in [-0.25, -0.2) is 28.0 Å². The van der Waals surface area contributed by atoms with Gasteiger partial charge in [-0.15, -0.1) is 11.3 Å². The predicted molar refractivity (Wildman–Crippen MR) is 274 cm³/mol. The largest absolute Gasteiger partial charge is 0.391 e. The maximum atomic E-state index is 14.7. The monoisotopic (exact) mass is 1130 g/mol. The minimum Gasteiger partial charge on any atom is -0.391 e. The molecule has 1 saturated carbocycles. The van der Waals surface area contributed by atoms with Crippen LogP contribution in [0.3, 0.4) is 0 Å². The van der Waals surface area contributed by atoms with Crippen LogP contribution in [0.15, 0.2) is 60.1 Å². The highest BCUT2D eigenvalue weighted by Crippen LogP contribution is 2.41. The number of hydrogen-bond donors (Lipinski definition) is 7. The van der Waals surface area contributed by atoms with Crippen molar-refractivity contribution in [3.63, 3.8) is 0 Å². The van der Waals surface area contributed by atoms with E-state index < -0.39 is 82.1 Å². The number of carbonyl (C=O) groups is 5. The molecule has 2 heterocycles. The van der Waals surface area contributed by atoms with Crippen LogP contribution in [0, 0.1) is 33.4 Å². The van der Waals surface area contributed by atoms with Crippen molar-refractivity contribution in [2.24, 2.45) is 5.41 Å². The standard InChI is InChI=1S/C51H63F4IN8O7S/c1-30-44(72-29-59-30)32-13-11-31(12-14-32)39(61-47(68)40-26-34(65)28-64(40)48(69)45(50(2,3)4)62-49(70)51(55)19-20-51)27-41(66)58-23-9-7-5-6-8-21-57-22-10-24-71-63-46(67)35-16-17-36(52)42(54)43(35)60-38-18-15-33(56)25-37(38)53/h11-18,25,29,34,39-40,45,57,60,65H,5-10,19-24,26-28H2,1-4H3,(H,58,66)(H,61,68)(H,62,70)(H,63,67)/t34-,39+,40+,45?/m1/s1. The summed E-state index contributed by atoms with van der Waals surface area (Å²) in [5.41, 5.74) is 2.68. The molecule has 0 spiro atoms. The van der Waals surface area contributed by atoms with Crippen LogP contribution >= 0.6 is 33.9 Å². The summed E-state index contributed by atoms with van der Waals surface area (Å²) in [5, 5.41) is 25.0. The highest BCUT2D eigenvalue weighted by atomic mass is 127. The van der Waals surface area contributed by atoms with Crippen LogP contribution in [0.4, 0.5) is 28.9 Å². The molecule has 0 bridgehead atoms. The highest BCUT2D eigenvalue weighted by Gasteiger charge is 2.53. The van der Waals surface area contributed by atoms with Gasteiger partial charge in [-0.1, -0.05) is 64.3 Å². The summed E-state index contributed by atoms with van der Waals surface area (Å²) in [4.78, 5) is 79.0. The lowest BCUT2D eigenvalue weighted by atomic mass is 9.85. The Labute approximate surface area is 434 Å². The van der Waals surface area contributed by atoms with Gasteiger partial charge in [0.05, 0.1) is 58.2 Å². The van der Waals surface area contributed by atoms with E-state index in [1.807, 2.05) is 53.8 Å². The van der Waals surface area contributed by atoms with Gasteiger partial charge in [0.1, 0.15) is 17.9 Å². The Balaban J connectivity index is 0.911. The van der Waals surface area contributed by atoms with Crippen molar-refractivity contribution in [1.29, 1.82) is 0 Å². The van der Waals surface area contributed by atoms with Gasteiger partial charge in [-0.05, 0) is 122 Å². The highest BCUT2D eigenvalue weighted by molar-refractivity contribution is 14.1. The first-order valence-electron chi connectivity index (χ1n) is 24.1. The number of unbranched alkanes of at least 4 members (excludes halogenated alkanes) is 4. The molecule has 5 amide bonds. The number of halogens is 5. The van der Waals surface area contributed by atoms with E-state index >= 15 is 0 Å². The number of aromatic nitrogens is 1. The van der Waals surface area contributed by atoms with Crippen molar-refractivity contribution in [3.05, 3.63) is 98.0 Å². The predicted octanol–water partition coefficient (Wildman–Crippen LogP) is 7.83. The number of benzene rings is 3. The number of carbonyl (C=O) groups excluding carboxylic acids is 5. The van der Waals surface area contributed by atoms with Crippen molar-refractivity contribution in [1.82, 2.24) is 36.6 Å². The molecule has 72 heavy (non-hydrogen) atoms. The third-order valence-electron chi connectivity index (χ3n) is 12.5. The van der Waals surface area contributed by atoms with Gasteiger partial charge in [0.2, 0.25) is 17.7 Å². The van der Waals surface area contributed by atoms with E-state index in [-0.39, 0.29) is 56.0 Å². The summed E-state index contributed by atoms with van der Waals surface area (Å²) in [7, 11) is 0. The molecule has 1 aliphatic heterocycles. The average Bonchev–Trinajstić information content (AvgIpc) is 3.74. The normalized spacial score (nSPS) is 16.9. The molecule has 1 aromatic heterocycles. The number of aliphatic hydroxyl groups excluding tert-OH is 1. The smallest absolute Gasteiger partial charge is 0.277 e. The third-order valence-corrected chi connectivity index (χ3v) is 14.2. The molecule has 21 heteroatoms. The molecule has 0 radical (unpaired) electrons. The molecule has 1 saturated heterocycles. The van der Waals surface area contributed by atoms with Gasteiger partial charge < -0.3 is 36.6 Å². The second-order valence-electron chi connectivity index (χ2n) is 19.3. The second-order valence-corrected chi connectivity index (χ2v) is 21.4. The summed E-state index contributed by atoms with van der Waals surface area (Å²) in [6.07, 6.45) is 3.91. The van der Waals surface area contributed by atoms with E-state index in [0.29, 0.717) is 28.6 Å². The lowest BCUT2D eigenvalue weighted by molar-refractivity contribution is -0.145. The van der Waals surface area contributed by atoms with Gasteiger partial charge in [0, 0.05) is 23.1 Å². The lowest BCUT2D eigenvalue weighted by Crippen LogP contribution is -2.59. The Kier molecular flexibility index (Phi) is 20.0. The molecule has 6 rings (SSSR count). The molecule has 7 N–H and O–H groups in total. The summed E-state index contributed by atoms with van der Waals surface area (Å²) < 4.78 is 58.5. The fraction of sp³-hybridized carbons (Fsp3) is 0.490. The van der Waals surface area contributed by atoms with Crippen molar-refractivity contribution in [3.8, 4) is 10.4 Å². The number of aliphatic hydroxyl groups is 1. The van der Waals surface area contributed by atoms with Crippen LogP contribution < -0.4 is 32.1 Å². The Bertz CT molecular complexity index is 2540. The van der Waals surface area contributed by atoms with E-state index in [9.17, 15) is 46.6 Å². The molecule has 1 aliphatic carbocycles. The Hall–Kier alpha value is -5.23. The number of likely N-dealkylation sites (tertiary alicyclic amines) is 1. The SMILES string of the molecule is Cc1ncsc1-c1ccc([C@H](CC(=O)NCCCCCCCNCCCONC(=O)c2ccc(F)c(F)c2Nc2ccc(I)cc2F)NC(=O)[C@@H]2C[C@@H](O)CN2C(=O)C(NC(=O)C2(F)CC2)C(C)(C)C)cc1. The second kappa shape index (κ2) is 25.6. The molecular formula is C51H63F4IN8O7S. The Morgan fingerprint density at radius 2 is 1.61 bits per heavy atom. The van der Waals surface area contributed by atoms with Gasteiger partial charge in [0.25, 0.3) is 11.8 Å². The minimum atomic E-state index is -2.01. The van der Waals surface area contributed by atoms with Gasteiger partial charge >= 0.3 is 0 Å². The zero-order valence-electron chi connectivity index (χ0n) is 40.8. The molecule has 3 aromatic carbocycles. The summed E-state index contributed by atoms with van der Waals surface area (Å²) in [6, 6.07) is 10.5. The summed E-state index contributed by atoms with van der Waals surface area (Å²) >= 11 is 3.41. The zero-order valence-corrected chi connectivity index (χ0v) is 43.8. The first kappa shape index (κ1) is 56.1. The minimum absolute atomic E-state index is 0.0585. The van der Waals surface area contributed by atoms with Crippen molar-refractivity contribution in [2.75, 3.05) is 38.1 Å². The average molecular weight is 1140 g/mol. The molecular weight excluding hydrogens is 1070 g/mol. The summed E-state index contributed by atoms with van der Waals surface area (Å²) in [6.45, 7) is 8.87. The molecule has 4 atom stereocenters. The number of hydroxylamine groups is 1. The third kappa shape index (κ3) is 15.4. The van der Waals surface area contributed by atoms with E-state index in [1.54, 1.807) is 32.3 Å². The maximum absolute atomic E-state index is 14.7.